The predicted octanol–water partition coefficient (Wildman–Crippen LogP) is 3.87. The van der Waals surface area contributed by atoms with Gasteiger partial charge in [0.15, 0.2) is 11.2 Å². The second-order valence-corrected chi connectivity index (χ2v) is 7.36. The van der Waals surface area contributed by atoms with Gasteiger partial charge >= 0.3 is 0 Å². The Bertz CT molecular complexity index is 1110. The number of amides is 1. The number of hydrogen-bond acceptors (Lipinski definition) is 5. The molecule has 0 aliphatic heterocycles. The highest BCUT2D eigenvalue weighted by molar-refractivity contribution is 5.93. The summed E-state index contributed by atoms with van der Waals surface area (Å²) in [5.41, 5.74) is 2.99. The van der Waals surface area contributed by atoms with Crippen LogP contribution in [0.1, 0.15) is 33.3 Å². The average molecular weight is 431 g/mol. The minimum Gasteiger partial charge on any atom is -0.496 e. The van der Waals surface area contributed by atoms with Crippen LogP contribution in [0.15, 0.2) is 51.7 Å². The number of aryl methyl sites for hydroxylation is 2. The lowest BCUT2D eigenvalue weighted by molar-refractivity contribution is 0.0914. The molecule has 1 heterocycles. The summed E-state index contributed by atoms with van der Waals surface area (Å²) < 4.78 is 11.2. The number of nitrogens with one attached hydrogen (secondary N) is 1. The molecule has 0 saturated carbocycles. The molecule has 0 bridgehead atoms. The zero-order valence-electron chi connectivity index (χ0n) is 17.8. The van der Waals surface area contributed by atoms with Gasteiger partial charge in [0, 0.05) is 18.2 Å². The average Bonchev–Trinajstić information content (AvgIpc) is 2.68. The monoisotopic (exact) mass is 430 g/mol. The van der Waals surface area contributed by atoms with Gasteiger partial charge in [0.2, 0.25) is 0 Å². The number of nitrogens with zero attached hydrogens (tertiary/aromatic N) is 1. The number of methoxy groups -OCH3 is 1. The Labute approximate surface area is 182 Å². The van der Waals surface area contributed by atoms with Crippen LogP contribution in [0, 0.1) is 13.8 Å². The summed E-state index contributed by atoms with van der Waals surface area (Å²) in [6, 6.07) is 12.6. The predicted molar refractivity (Wildman–Crippen MR) is 121 cm³/mol. The van der Waals surface area contributed by atoms with Gasteiger partial charge in [0.05, 0.1) is 18.5 Å². The molecular formula is C23H27ClN2O4. The Morgan fingerprint density at radius 2 is 1.87 bits per heavy atom. The van der Waals surface area contributed by atoms with E-state index >= 15 is 0 Å². The first-order chi connectivity index (χ1) is 13.8. The second-order valence-electron chi connectivity index (χ2n) is 7.36. The van der Waals surface area contributed by atoms with Crippen LogP contribution in [0.25, 0.3) is 11.0 Å². The van der Waals surface area contributed by atoms with Crippen molar-refractivity contribution in [2.24, 2.45) is 0 Å². The van der Waals surface area contributed by atoms with Crippen LogP contribution in [-0.2, 0) is 0 Å². The number of para-hydroxylation sites is 1. The summed E-state index contributed by atoms with van der Waals surface area (Å²) >= 11 is 0. The van der Waals surface area contributed by atoms with E-state index in [1.807, 2.05) is 63.2 Å². The van der Waals surface area contributed by atoms with E-state index < -0.39 is 5.91 Å². The van der Waals surface area contributed by atoms with Gasteiger partial charge in [0.25, 0.3) is 5.91 Å². The first kappa shape index (κ1) is 23.4. The Morgan fingerprint density at radius 1 is 1.17 bits per heavy atom. The lowest BCUT2D eigenvalue weighted by atomic mass is 10.0. The number of carbonyl (C=O) groups is 1. The van der Waals surface area contributed by atoms with E-state index in [1.165, 1.54) is 6.07 Å². The molecule has 1 aromatic heterocycles. The lowest BCUT2D eigenvalue weighted by Crippen LogP contribution is -2.35. The van der Waals surface area contributed by atoms with Crippen molar-refractivity contribution in [3.05, 3.63) is 75.1 Å². The van der Waals surface area contributed by atoms with E-state index in [9.17, 15) is 9.59 Å². The molecule has 1 amide bonds. The summed E-state index contributed by atoms with van der Waals surface area (Å²) in [5, 5.41) is 3.37. The number of rotatable bonds is 6. The molecule has 0 aliphatic carbocycles. The fourth-order valence-electron chi connectivity index (χ4n) is 3.51. The maximum absolute atomic E-state index is 12.7. The molecule has 3 aromatic rings. The Morgan fingerprint density at radius 3 is 2.53 bits per heavy atom. The van der Waals surface area contributed by atoms with Crippen molar-refractivity contribution in [2.75, 3.05) is 27.7 Å². The third-order valence-corrected chi connectivity index (χ3v) is 4.96. The van der Waals surface area contributed by atoms with Gasteiger partial charge in [0.1, 0.15) is 11.3 Å². The van der Waals surface area contributed by atoms with Crippen molar-refractivity contribution in [3.8, 4) is 5.75 Å². The van der Waals surface area contributed by atoms with Crippen LogP contribution in [0.4, 0.5) is 0 Å². The van der Waals surface area contributed by atoms with Crippen molar-refractivity contribution in [1.82, 2.24) is 10.2 Å². The topological polar surface area (TPSA) is 71.8 Å². The highest BCUT2D eigenvalue weighted by Gasteiger charge is 2.21. The van der Waals surface area contributed by atoms with E-state index in [1.54, 1.807) is 13.2 Å². The van der Waals surface area contributed by atoms with Crippen LogP contribution >= 0.6 is 12.4 Å². The molecule has 0 fully saturated rings. The summed E-state index contributed by atoms with van der Waals surface area (Å²) in [7, 11) is 5.49. The van der Waals surface area contributed by atoms with Crippen LogP contribution in [0.3, 0.4) is 0 Å². The molecule has 160 valence electrons. The van der Waals surface area contributed by atoms with Crippen molar-refractivity contribution in [2.45, 2.75) is 19.9 Å². The zero-order valence-corrected chi connectivity index (χ0v) is 18.6. The quantitative estimate of drug-likeness (QED) is 0.642. The zero-order chi connectivity index (χ0) is 21.1. The number of hydrogen-bond donors (Lipinski definition) is 1. The maximum Gasteiger partial charge on any atom is 0.287 e. The molecule has 2 aromatic carbocycles. The minimum atomic E-state index is -0.425. The molecule has 0 aliphatic rings. The third kappa shape index (κ3) is 4.83. The molecule has 6 nitrogen and oxygen atoms in total. The number of ether oxygens (including phenoxy) is 1. The Balaban J connectivity index is 0.00000320. The summed E-state index contributed by atoms with van der Waals surface area (Å²) in [6.45, 7) is 4.12. The first-order valence-corrected chi connectivity index (χ1v) is 9.44. The fraction of sp³-hybridized carbons (Fsp3) is 0.304. The number of carbonyl (C=O) groups excluding carboxylic acids is 1. The van der Waals surface area contributed by atoms with Crippen LogP contribution in [0.5, 0.6) is 5.75 Å². The van der Waals surface area contributed by atoms with E-state index in [4.69, 9.17) is 9.15 Å². The highest BCUT2D eigenvalue weighted by Crippen LogP contribution is 2.27. The van der Waals surface area contributed by atoms with E-state index in [0.717, 1.165) is 22.4 Å². The van der Waals surface area contributed by atoms with Gasteiger partial charge in [-0.05, 0) is 51.2 Å². The van der Waals surface area contributed by atoms with Crippen molar-refractivity contribution in [1.29, 1.82) is 0 Å². The summed E-state index contributed by atoms with van der Waals surface area (Å²) in [5.74, 6) is 0.335. The van der Waals surface area contributed by atoms with Crippen molar-refractivity contribution >= 4 is 29.3 Å². The number of likely N-dealkylation sites (N-methyl/N-ethyl adjacent to an activating group) is 1. The van der Waals surface area contributed by atoms with Crippen LogP contribution in [0.2, 0.25) is 0 Å². The Kier molecular flexibility index (Phi) is 7.65. The first-order valence-electron chi connectivity index (χ1n) is 9.44. The number of benzene rings is 2. The number of fused-ring (bicyclic) bond motifs is 1. The lowest BCUT2D eigenvalue weighted by Gasteiger charge is -2.26. The van der Waals surface area contributed by atoms with Gasteiger partial charge in [-0.3, -0.25) is 9.59 Å². The van der Waals surface area contributed by atoms with E-state index in [0.29, 0.717) is 17.5 Å². The van der Waals surface area contributed by atoms with Gasteiger partial charge in [-0.15, -0.1) is 12.4 Å². The minimum absolute atomic E-state index is 0. The largest absolute Gasteiger partial charge is 0.496 e. The molecule has 30 heavy (non-hydrogen) atoms. The molecule has 7 heteroatoms. The second kappa shape index (κ2) is 9.78. The molecule has 0 radical (unpaired) electrons. The molecule has 0 saturated heterocycles. The third-order valence-electron chi connectivity index (χ3n) is 4.96. The van der Waals surface area contributed by atoms with Crippen molar-refractivity contribution in [3.63, 3.8) is 0 Å². The number of halogens is 1. The molecule has 1 unspecified atom stereocenters. The smallest absolute Gasteiger partial charge is 0.287 e. The van der Waals surface area contributed by atoms with Gasteiger partial charge < -0.3 is 19.4 Å². The van der Waals surface area contributed by atoms with Gasteiger partial charge in [-0.1, -0.05) is 24.3 Å². The van der Waals surface area contributed by atoms with E-state index in [2.05, 4.69) is 5.32 Å². The molecule has 1 atom stereocenters. The van der Waals surface area contributed by atoms with Crippen LogP contribution < -0.4 is 15.5 Å². The standard InChI is InChI=1S/C23H26N2O4.ClH/c1-14-10-15(2)22-17(11-14)19(26)12-21(29-22)23(27)24-13-18(25(3)4)16-8-6-7-9-20(16)28-5;/h6-12,18H,13H2,1-5H3,(H,24,27);1H. The molecule has 3 rings (SSSR count). The molecule has 0 spiro atoms. The molecule has 1 N–H and O–H groups in total. The molecular weight excluding hydrogens is 404 g/mol. The van der Waals surface area contributed by atoms with Crippen LogP contribution in [-0.4, -0.2) is 38.6 Å². The van der Waals surface area contributed by atoms with E-state index in [-0.39, 0.29) is 29.6 Å². The fourth-order valence-corrected chi connectivity index (χ4v) is 3.51. The highest BCUT2D eigenvalue weighted by atomic mass is 35.5. The van der Waals surface area contributed by atoms with Gasteiger partial charge in [-0.2, -0.15) is 0 Å². The summed E-state index contributed by atoms with van der Waals surface area (Å²) in [6.07, 6.45) is 0. The van der Waals surface area contributed by atoms with Gasteiger partial charge in [-0.25, -0.2) is 0 Å². The Hall–Kier alpha value is -2.83. The van der Waals surface area contributed by atoms with Crippen molar-refractivity contribution < 1.29 is 13.9 Å². The SMILES string of the molecule is COc1ccccc1C(CNC(=O)c1cc(=O)c2cc(C)cc(C)c2o1)N(C)C.Cl. The maximum atomic E-state index is 12.7. The normalized spacial score (nSPS) is 11.8. The summed E-state index contributed by atoms with van der Waals surface area (Å²) in [4.78, 5) is 27.2.